The summed E-state index contributed by atoms with van der Waals surface area (Å²) in [5.74, 6) is -0.163. The van der Waals surface area contributed by atoms with Crippen LogP contribution in [0.25, 0.3) is 16.6 Å². The molecule has 2 unspecified atom stereocenters. The van der Waals surface area contributed by atoms with E-state index < -0.39 is 5.97 Å². The van der Waals surface area contributed by atoms with E-state index in [1.54, 1.807) is 75.3 Å². The summed E-state index contributed by atoms with van der Waals surface area (Å²) in [5, 5.41) is 10.5. The van der Waals surface area contributed by atoms with Crippen LogP contribution in [-0.4, -0.2) is 34.7 Å². The van der Waals surface area contributed by atoms with Crippen LogP contribution in [0.5, 0.6) is 5.75 Å². The fraction of sp³-hybridized carbons (Fsp3) is 0.346. The van der Waals surface area contributed by atoms with Gasteiger partial charge in [-0.25, -0.2) is 0 Å². The van der Waals surface area contributed by atoms with Gasteiger partial charge in [0.25, 0.3) is 5.91 Å². The predicted octanol–water partition coefficient (Wildman–Crippen LogP) is 7.05. The Morgan fingerprint density at radius 2 is 1.80 bits per heavy atom. The van der Waals surface area contributed by atoms with Crippen molar-refractivity contribution in [3.05, 3.63) is 77.0 Å². The van der Waals surface area contributed by atoms with Gasteiger partial charge in [-0.15, -0.1) is 0 Å². The standard InChI is InChI=1S/C19H16ClNO4.C7H13N.ClH.Pt/c1-11-15(10-18(22)23)16-9-14(25-2)7-8-17(16)21(11)19(24)12-3-5-13(20)6-4-12;1-6-4-2-3-5-7(6)8;;/h3-9H,10H2,1-2H3,(H,22,23);6-8H,1-5H2;1H;/q;-2;;+1/p-1. The first kappa shape index (κ1) is 29.4. The van der Waals surface area contributed by atoms with E-state index in [4.69, 9.17) is 22.1 Å². The van der Waals surface area contributed by atoms with Crippen molar-refractivity contribution in [1.29, 1.82) is 0 Å². The second-order valence-corrected chi connectivity index (χ2v) is 8.75. The minimum absolute atomic E-state index is 0.142. The molecule has 1 aliphatic carbocycles. The predicted molar refractivity (Wildman–Crippen MR) is 137 cm³/mol. The molecule has 4 rings (SSSR count). The molecule has 0 spiro atoms. The minimum atomic E-state index is -0.955. The number of nitrogens with one attached hydrogen (secondary N) is 1. The van der Waals surface area contributed by atoms with Crippen LogP contribution in [0.4, 0.5) is 0 Å². The zero-order chi connectivity index (χ0) is 26.1. The summed E-state index contributed by atoms with van der Waals surface area (Å²) in [4.78, 5) is 24.3. The fourth-order valence-electron chi connectivity index (χ4n) is 4.15. The molecule has 1 aliphatic rings. The van der Waals surface area contributed by atoms with Gasteiger partial charge in [-0.05, 0) is 55.0 Å². The van der Waals surface area contributed by atoms with Crippen molar-refractivity contribution >= 4 is 43.8 Å². The zero-order valence-corrected chi connectivity index (χ0v) is 23.4. The number of methoxy groups -OCH3 is 1. The van der Waals surface area contributed by atoms with Crippen LogP contribution in [0.15, 0.2) is 42.5 Å². The topological polar surface area (TPSA) is 92.3 Å². The molecule has 3 aromatic rings. The molecule has 2 N–H and O–H groups in total. The van der Waals surface area contributed by atoms with E-state index in [1.807, 2.05) is 0 Å². The summed E-state index contributed by atoms with van der Waals surface area (Å²) in [6.45, 7) is 5.64. The second kappa shape index (κ2) is 14.0. The molecule has 1 fully saturated rings. The number of halogens is 2. The van der Waals surface area contributed by atoms with Gasteiger partial charge in [0.05, 0.1) is 19.0 Å². The maximum atomic E-state index is 13.0. The first-order chi connectivity index (χ1) is 16.7. The maximum absolute atomic E-state index is 13.0. The number of carbonyl (C=O) groups excluding carboxylic acids is 1. The first-order valence-electron chi connectivity index (χ1n) is 11.1. The van der Waals surface area contributed by atoms with Crippen molar-refractivity contribution in [2.24, 2.45) is 5.92 Å². The summed E-state index contributed by atoms with van der Waals surface area (Å²) in [6.07, 6.45) is 4.63. The Hall–Kier alpha value is -1.85. The van der Waals surface area contributed by atoms with Gasteiger partial charge in [-0.3, -0.25) is 14.2 Å². The number of benzene rings is 2. The molecule has 2 atom stereocenters. The van der Waals surface area contributed by atoms with Crippen LogP contribution >= 0.6 is 21.0 Å². The van der Waals surface area contributed by atoms with Crippen LogP contribution in [0.2, 0.25) is 5.02 Å². The van der Waals surface area contributed by atoms with Crippen molar-refractivity contribution in [3.63, 3.8) is 0 Å². The molecular formula is C26H29Cl2N2O4Pt-2. The van der Waals surface area contributed by atoms with Crippen LogP contribution in [0.1, 0.15) is 47.3 Å². The first-order valence-corrected chi connectivity index (χ1v) is 14.3. The molecule has 0 bridgehead atoms. The van der Waals surface area contributed by atoms with Gasteiger partial charge in [0, 0.05) is 21.7 Å². The Bertz CT molecular complexity index is 1140. The van der Waals surface area contributed by atoms with Crippen molar-refractivity contribution in [1.82, 2.24) is 4.57 Å². The van der Waals surface area contributed by atoms with Crippen LogP contribution in [0, 0.1) is 19.8 Å². The molecule has 0 saturated heterocycles. The number of fused-ring (bicyclic) bond motifs is 1. The average molecular weight is 700 g/mol. The average Bonchev–Trinajstić information content (AvgIpc) is 3.12. The monoisotopic (exact) mass is 698 g/mol. The number of hydrogen-bond donors (Lipinski definition) is 1. The zero-order valence-electron chi connectivity index (χ0n) is 19.6. The third-order valence-corrected chi connectivity index (χ3v) is 6.33. The fourth-order valence-corrected chi connectivity index (χ4v) is 4.28. The Kier molecular flexibility index (Phi) is 11.8. The van der Waals surface area contributed by atoms with Crippen molar-refractivity contribution < 1.29 is 38.2 Å². The molecule has 0 aliphatic heterocycles. The van der Waals surface area contributed by atoms with Gasteiger partial charge in [0.15, 0.2) is 0 Å². The summed E-state index contributed by atoms with van der Waals surface area (Å²) in [7, 11) is 6.15. The number of rotatable bonds is 4. The number of carbonyl (C=O) groups is 2. The number of ether oxygens (including phenoxy) is 1. The van der Waals surface area contributed by atoms with E-state index in [0.717, 1.165) is 6.42 Å². The van der Waals surface area contributed by atoms with Crippen molar-refractivity contribution in [2.45, 2.75) is 45.1 Å². The van der Waals surface area contributed by atoms with E-state index in [0.29, 0.717) is 44.4 Å². The van der Waals surface area contributed by atoms with E-state index in [1.165, 1.54) is 23.8 Å². The van der Waals surface area contributed by atoms with Gasteiger partial charge in [-0.1, -0.05) is 37.3 Å². The molecule has 193 valence electrons. The third kappa shape index (κ3) is 7.57. The van der Waals surface area contributed by atoms with E-state index in [9.17, 15) is 14.7 Å². The van der Waals surface area contributed by atoms with Crippen LogP contribution in [-0.2, 0) is 30.0 Å². The molecule has 6 nitrogen and oxygen atoms in total. The summed E-state index contributed by atoms with van der Waals surface area (Å²) >= 11 is 7.50. The van der Waals surface area contributed by atoms with E-state index >= 15 is 0 Å². The third-order valence-electron chi connectivity index (χ3n) is 6.07. The summed E-state index contributed by atoms with van der Waals surface area (Å²) in [6, 6.07) is 12.0. The molecule has 0 amide bonds. The van der Waals surface area contributed by atoms with E-state index in [2.05, 4.69) is 16.3 Å². The summed E-state index contributed by atoms with van der Waals surface area (Å²) in [5.41, 5.74) is 9.74. The van der Waals surface area contributed by atoms with Crippen LogP contribution in [0.3, 0.4) is 0 Å². The number of nitrogens with zero attached hydrogens (tertiary/aromatic N) is 1. The number of carboxylic acids is 1. The molecule has 35 heavy (non-hydrogen) atoms. The Labute approximate surface area is 226 Å². The molecule has 1 saturated carbocycles. The van der Waals surface area contributed by atoms with Gasteiger partial charge in [0.2, 0.25) is 0 Å². The molecule has 9 heteroatoms. The second-order valence-electron chi connectivity index (χ2n) is 8.32. The molecular weight excluding hydrogens is 670 g/mol. The Balaban J connectivity index is 0.000000363. The van der Waals surface area contributed by atoms with Crippen molar-refractivity contribution in [3.8, 4) is 5.75 Å². The number of aromatic nitrogens is 1. The van der Waals surface area contributed by atoms with Gasteiger partial charge >= 0.3 is 34.2 Å². The number of carboxylic acid groups (broad SMARTS) is 1. The normalized spacial score (nSPS) is 17.0. The SMILES string of the molecule is COc1ccc2c(c1)c(CC(=O)O)c(C)n2C(=O)c1ccc(Cl)cc1.[CH2-]C1CCCCC1[NH-].[Cl][Pt]. The Morgan fingerprint density at radius 3 is 2.31 bits per heavy atom. The molecule has 1 aromatic heterocycles. The van der Waals surface area contributed by atoms with Gasteiger partial charge in [-0.2, -0.15) is 12.0 Å². The van der Waals surface area contributed by atoms with Gasteiger partial charge in [0.1, 0.15) is 5.75 Å². The Morgan fingerprint density at radius 1 is 1.17 bits per heavy atom. The quantitative estimate of drug-likeness (QED) is 0.296. The van der Waals surface area contributed by atoms with E-state index in [-0.39, 0.29) is 18.4 Å². The molecule has 1 heterocycles. The number of hydrogen-bond acceptors (Lipinski definition) is 3. The van der Waals surface area contributed by atoms with Crippen LogP contribution < -0.4 is 4.74 Å². The van der Waals surface area contributed by atoms with Crippen molar-refractivity contribution in [2.75, 3.05) is 7.11 Å². The summed E-state index contributed by atoms with van der Waals surface area (Å²) < 4.78 is 6.77. The number of aliphatic carboxylic acids is 1. The van der Waals surface area contributed by atoms with Gasteiger partial charge < -0.3 is 22.5 Å². The molecule has 2 aromatic carbocycles. The molecule has 0 radical (unpaired) electrons.